The number of rotatable bonds is 4. The number of hydrogen-bond acceptors (Lipinski definition) is 4. The largest absolute Gasteiger partial charge is 0.480 e. The zero-order valence-electron chi connectivity index (χ0n) is 17.5. The molecule has 1 N–H and O–H groups in total. The van der Waals surface area contributed by atoms with Gasteiger partial charge in [-0.15, -0.1) is 0 Å². The predicted molar refractivity (Wildman–Crippen MR) is 100 cm³/mol. The van der Waals surface area contributed by atoms with Gasteiger partial charge in [-0.1, -0.05) is 13.8 Å². The zero-order valence-corrected chi connectivity index (χ0v) is 17.5. The van der Waals surface area contributed by atoms with E-state index in [2.05, 4.69) is 0 Å². The van der Waals surface area contributed by atoms with Crippen molar-refractivity contribution in [1.29, 1.82) is 0 Å². The molecule has 0 aromatic heterocycles. The van der Waals surface area contributed by atoms with Gasteiger partial charge in [-0.2, -0.15) is 0 Å². The van der Waals surface area contributed by atoms with Crippen molar-refractivity contribution in [3.05, 3.63) is 0 Å². The van der Waals surface area contributed by atoms with Gasteiger partial charge in [0.15, 0.2) is 0 Å². The van der Waals surface area contributed by atoms with Crippen LogP contribution in [0.2, 0.25) is 0 Å². The molecule has 1 atom stereocenters. The summed E-state index contributed by atoms with van der Waals surface area (Å²) in [4.78, 5) is 40.8. The molecular formula is C19H33N3O5. The average molecular weight is 383 g/mol. The second kappa shape index (κ2) is 7.20. The SMILES string of the molecule is CC(C)[C@@H](C(=O)O)N(C)C(=O)N1CC2(CC(N(C)C(=O)OC(C)(C)C)C2)C1. The van der Waals surface area contributed by atoms with E-state index in [4.69, 9.17) is 4.74 Å². The van der Waals surface area contributed by atoms with Crippen LogP contribution in [0.5, 0.6) is 0 Å². The molecule has 3 amide bonds. The van der Waals surface area contributed by atoms with E-state index in [1.807, 2.05) is 20.8 Å². The molecule has 1 saturated heterocycles. The van der Waals surface area contributed by atoms with Gasteiger partial charge in [0.25, 0.3) is 0 Å². The molecule has 8 nitrogen and oxygen atoms in total. The van der Waals surface area contributed by atoms with E-state index in [0.29, 0.717) is 13.1 Å². The Hall–Kier alpha value is -1.99. The summed E-state index contributed by atoms with van der Waals surface area (Å²) in [6.45, 7) is 10.3. The maximum atomic E-state index is 12.6. The van der Waals surface area contributed by atoms with E-state index in [1.165, 1.54) is 4.90 Å². The van der Waals surface area contributed by atoms with E-state index < -0.39 is 17.6 Å². The van der Waals surface area contributed by atoms with Crippen LogP contribution in [0.4, 0.5) is 9.59 Å². The molecule has 2 aliphatic rings. The van der Waals surface area contributed by atoms with Crippen LogP contribution in [-0.4, -0.2) is 82.8 Å². The van der Waals surface area contributed by atoms with Crippen LogP contribution in [0.25, 0.3) is 0 Å². The summed E-state index contributed by atoms with van der Waals surface area (Å²) in [5.74, 6) is -1.15. The van der Waals surface area contributed by atoms with Gasteiger partial charge >= 0.3 is 18.1 Å². The minimum atomic E-state index is -0.987. The van der Waals surface area contributed by atoms with Gasteiger partial charge in [0.2, 0.25) is 0 Å². The molecule has 1 aliphatic heterocycles. The number of urea groups is 1. The number of hydrogen-bond donors (Lipinski definition) is 1. The number of carboxylic acid groups (broad SMARTS) is 1. The van der Waals surface area contributed by atoms with Crippen molar-refractivity contribution < 1.29 is 24.2 Å². The first-order valence-corrected chi connectivity index (χ1v) is 9.47. The molecule has 0 unspecified atom stereocenters. The van der Waals surface area contributed by atoms with Gasteiger partial charge < -0.3 is 24.5 Å². The van der Waals surface area contributed by atoms with Crippen molar-refractivity contribution in [1.82, 2.24) is 14.7 Å². The molecule has 27 heavy (non-hydrogen) atoms. The Labute approximate surface area is 161 Å². The molecule has 0 bridgehead atoms. The molecule has 0 aromatic carbocycles. The monoisotopic (exact) mass is 383 g/mol. The lowest BCUT2D eigenvalue weighted by Crippen LogP contribution is -2.69. The highest BCUT2D eigenvalue weighted by atomic mass is 16.6. The fourth-order valence-corrected chi connectivity index (χ4v) is 4.09. The highest BCUT2D eigenvalue weighted by Gasteiger charge is 2.56. The smallest absolute Gasteiger partial charge is 0.410 e. The number of carboxylic acids is 1. The fourth-order valence-electron chi connectivity index (χ4n) is 4.09. The van der Waals surface area contributed by atoms with Gasteiger partial charge in [-0.05, 0) is 39.5 Å². The summed E-state index contributed by atoms with van der Waals surface area (Å²) < 4.78 is 5.40. The Kier molecular flexibility index (Phi) is 5.69. The van der Waals surface area contributed by atoms with Crippen LogP contribution in [-0.2, 0) is 9.53 Å². The highest BCUT2D eigenvalue weighted by molar-refractivity contribution is 5.83. The Morgan fingerprint density at radius 2 is 1.67 bits per heavy atom. The summed E-state index contributed by atoms with van der Waals surface area (Å²) >= 11 is 0. The maximum absolute atomic E-state index is 12.6. The number of carbonyl (C=O) groups is 3. The van der Waals surface area contributed by atoms with Crippen LogP contribution in [0.1, 0.15) is 47.5 Å². The van der Waals surface area contributed by atoms with E-state index in [-0.39, 0.29) is 29.5 Å². The number of carbonyl (C=O) groups excluding carboxylic acids is 2. The van der Waals surface area contributed by atoms with Crippen molar-refractivity contribution in [3.8, 4) is 0 Å². The molecular weight excluding hydrogens is 350 g/mol. The predicted octanol–water partition coefficient (Wildman–Crippen LogP) is 2.48. The topological polar surface area (TPSA) is 90.4 Å². The average Bonchev–Trinajstić information content (AvgIpc) is 2.40. The number of amides is 3. The van der Waals surface area contributed by atoms with Crippen molar-refractivity contribution >= 4 is 18.1 Å². The Morgan fingerprint density at radius 1 is 1.15 bits per heavy atom. The Morgan fingerprint density at radius 3 is 2.07 bits per heavy atom. The summed E-state index contributed by atoms with van der Waals surface area (Å²) in [6.07, 6.45) is 1.35. The summed E-state index contributed by atoms with van der Waals surface area (Å²) in [5, 5.41) is 9.36. The van der Waals surface area contributed by atoms with Crippen LogP contribution in [0.15, 0.2) is 0 Å². The summed E-state index contributed by atoms with van der Waals surface area (Å²) in [6, 6.07) is -0.954. The first-order valence-electron chi connectivity index (χ1n) is 9.47. The standard InChI is InChI=1S/C19H33N3O5/c1-12(2)14(15(23)24)21(7)16(25)22-10-19(11-22)8-13(9-19)20(6)17(26)27-18(3,4)5/h12-14H,8-11H2,1-7H3,(H,23,24)/t14-/m0/s1. The number of likely N-dealkylation sites (N-methyl/N-ethyl adjacent to an activating group) is 1. The minimum Gasteiger partial charge on any atom is -0.480 e. The third-order valence-corrected chi connectivity index (χ3v) is 5.49. The molecule has 0 radical (unpaired) electrons. The van der Waals surface area contributed by atoms with Crippen molar-refractivity contribution in [3.63, 3.8) is 0 Å². The molecule has 1 heterocycles. The third-order valence-electron chi connectivity index (χ3n) is 5.49. The molecule has 2 fully saturated rings. The Balaban J connectivity index is 1.84. The maximum Gasteiger partial charge on any atom is 0.410 e. The second-order valence-corrected chi connectivity index (χ2v) is 9.43. The summed E-state index contributed by atoms with van der Waals surface area (Å²) in [5.41, 5.74) is -0.470. The van der Waals surface area contributed by atoms with Gasteiger partial charge in [-0.25, -0.2) is 14.4 Å². The van der Waals surface area contributed by atoms with Crippen molar-refractivity contribution in [2.45, 2.75) is 65.1 Å². The number of likely N-dealkylation sites (tertiary alicyclic amines) is 1. The van der Waals surface area contributed by atoms with Crippen LogP contribution < -0.4 is 0 Å². The van der Waals surface area contributed by atoms with Crippen LogP contribution >= 0.6 is 0 Å². The fraction of sp³-hybridized carbons (Fsp3) is 0.842. The van der Waals surface area contributed by atoms with E-state index in [1.54, 1.807) is 37.7 Å². The number of nitrogens with zero attached hydrogens (tertiary/aromatic N) is 3. The minimum absolute atomic E-state index is 0.0496. The van der Waals surface area contributed by atoms with E-state index in [0.717, 1.165) is 12.8 Å². The zero-order chi connectivity index (χ0) is 20.7. The van der Waals surface area contributed by atoms with E-state index in [9.17, 15) is 19.5 Å². The molecule has 154 valence electrons. The third kappa shape index (κ3) is 4.47. The highest BCUT2D eigenvalue weighted by Crippen LogP contribution is 2.50. The van der Waals surface area contributed by atoms with E-state index >= 15 is 0 Å². The number of aliphatic carboxylic acids is 1. The molecule has 8 heteroatoms. The van der Waals surface area contributed by atoms with Gasteiger partial charge in [-0.3, -0.25) is 0 Å². The second-order valence-electron chi connectivity index (χ2n) is 9.43. The quantitative estimate of drug-likeness (QED) is 0.805. The molecule has 1 spiro atoms. The van der Waals surface area contributed by atoms with Crippen LogP contribution in [0.3, 0.4) is 0 Å². The lowest BCUT2D eigenvalue weighted by Gasteiger charge is -2.60. The summed E-state index contributed by atoms with van der Waals surface area (Å²) in [7, 11) is 3.30. The molecule has 1 saturated carbocycles. The first kappa shape index (κ1) is 21.3. The van der Waals surface area contributed by atoms with Crippen molar-refractivity contribution in [2.24, 2.45) is 11.3 Å². The first-order chi connectivity index (χ1) is 12.3. The Bertz CT molecular complexity index is 599. The van der Waals surface area contributed by atoms with Gasteiger partial charge in [0.05, 0.1) is 0 Å². The number of ether oxygens (including phenoxy) is 1. The lowest BCUT2D eigenvalue weighted by atomic mass is 9.60. The lowest BCUT2D eigenvalue weighted by molar-refractivity contribution is -0.144. The van der Waals surface area contributed by atoms with Gasteiger partial charge in [0.1, 0.15) is 11.6 Å². The molecule has 0 aromatic rings. The molecule has 2 rings (SSSR count). The normalized spacial score (nSPS) is 19.9. The van der Waals surface area contributed by atoms with Gasteiger partial charge in [0, 0.05) is 38.6 Å². The van der Waals surface area contributed by atoms with Crippen LogP contribution in [0, 0.1) is 11.3 Å². The van der Waals surface area contributed by atoms with Crippen molar-refractivity contribution in [2.75, 3.05) is 27.2 Å². The molecule has 1 aliphatic carbocycles.